The lowest BCUT2D eigenvalue weighted by Gasteiger charge is -2.07. The van der Waals surface area contributed by atoms with Crippen LogP contribution in [0.2, 0.25) is 0 Å². The van der Waals surface area contributed by atoms with Crippen molar-refractivity contribution in [2.75, 3.05) is 18.5 Å². The molecule has 0 atom stereocenters. The van der Waals surface area contributed by atoms with Gasteiger partial charge in [0.15, 0.2) is 0 Å². The van der Waals surface area contributed by atoms with E-state index in [4.69, 9.17) is 5.11 Å². The maximum Gasteiger partial charge on any atom is 0.411 e. The lowest BCUT2D eigenvalue weighted by molar-refractivity contribution is 0.131. The number of rotatable bonds is 4. The Morgan fingerprint density at radius 2 is 2.32 bits per heavy atom. The van der Waals surface area contributed by atoms with Gasteiger partial charge in [-0.1, -0.05) is 0 Å². The molecule has 2 aromatic heterocycles. The maximum atomic E-state index is 11.3. The minimum absolute atomic E-state index is 0.0361. The number of imidazole rings is 1. The molecule has 2 N–H and O–H groups in total. The monoisotopic (exact) mass is 262 g/mol. The lowest BCUT2D eigenvalue weighted by Crippen LogP contribution is -2.16. The number of hydrogen-bond donors (Lipinski definition) is 2. The molecule has 7 heteroatoms. The predicted molar refractivity (Wildman–Crippen MR) is 68.2 cm³/mol. The van der Waals surface area contributed by atoms with Gasteiger partial charge in [-0.2, -0.15) is 0 Å². The van der Waals surface area contributed by atoms with Crippen molar-refractivity contribution in [1.82, 2.24) is 14.5 Å². The van der Waals surface area contributed by atoms with Crippen molar-refractivity contribution in [3.8, 4) is 5.82 Å². The zero-order valence-electron chi connectivity index (χ0n) is 10.4. The summed E-state index contributed by atoms with van der Waals surface area (Å²) in [4.78, 5) is 19.6. The van der Waals surface area contributed by atoms with Crippen molar-refractivity contribution >= 4 is 11.8 Å². The highest BCUT2D eigenvalue weighted by atomic mass is 16.6. The quantitative estimate of drug-likeness (QED) is 0.861. The smallest absolute Gasteiger partial charge is 0.411 e. The summed E-state index contributed by atoms with van der Waals surface area (Å²) in [5.41, 5.74) is 0.518. The number of amides is 1. The summed E-state index contributed by atoms with van der Waals surface area (Å²) in [6.07, 6.45) is 4.40. The van der Waals surface area contributed by atoms with E-state index in [2.05, 4.69) is 20.0 Å². The Bertz CT molecular complexity index is 550. The van der Waals surface area contributed by atoms with E-state index in [9.17, 15) is 4.79 Å². The molecule has 0 unspecified atom stereocenters. The predicted octanol–water partition coefficient (Wildman–Crippen LogP) is 1.12. The van der Waals surface area contributed by atoms with Gasteiger partial charge in [0.2, 0.25) is 0 Å². The van der Waals surface area contributed by atoms with E-state index in [1.807, 2.05) is 11.5 Å². The number of aliphatic hydroxyl groups is 1. The van der Waals surface area contributed by atoms with Gasteiger partial charge < -0.3 is 9.84 Å². The second-order valence-electron chi connectivity index (χ2n) is 3.73. The Kier molecular flexibility index (Phi) is 4.09. The summed E-state index contributed by atoms with van der Waals surface area (Å²) in [5.74, 6) is 1.54. The summed E-state index contributed by atoms with van der Waals surface area (Å²) in [6, 6.07) is 3.47. The van der Waals surface area contributed by atoms with E-state index in [-0.39, 0.29) is 13.2 Å². The molecule has 7 nitrogen and oxygen atoms in total. The van der Waals surface area contributed by atoms with Gasteiger partial charge in [-0.25, -0.2) is 14.8 Å². The SMILES string of the molecule is Cc1nccn1-c1ccc(NC(=O)OCCO)cn1. The number of ether oxygens (including phenoxy) is 1. The fourth-order valence-corrected chi connectivity index (χ4v) is 1.51. The van der Waals surface area contributed by atoms with E-state index >= 15 is 0 Å². The van der Waals surface area contributed by atoms with Crippen LogP contribution in [0.3, 0.4) is 0 Å². The molecule has 100 valence electrons. The van der Waals surface area contributed by atoms with Crippen molar-refractivity contribution in [3.63, 3.8) is 0 Å². The van der Waals surface area contributed by atoms with Crippen molar-refractivity contribution in [3.05, 3.63) is 36.5 Å². The Morgan fingerprint density at radius 1 is 1.47 bits per heavy atom. The molecule has 2 aromatic rings. The van der Waals surface area contributed by atoms with Crippen LogP contribution in [0.5, 0.6) is 0 Å². The second-order valence-corrected chi connectivity index (χ2v) is 3.73. The van der Waals surface area contributed by atoms with Crippen LogP contribution in [-0.4, -0.2) is 38.9 Å². The summed E-state index contributed by atoms with van der Waals surface area (Å²) < 4.78 is 6.50. The topological polar surface area (TPSA) is 89.3 Å². The Labute approximate surface area is 109 Å². The molecule has 0 radical (unpaired) electrons. The maximum absolute atomic E-state index is 11.3. The van der Waals surface area contributed by atoms with Crippen LogP contribution in [0.25, 0.3) is 5.82 Å². The van der Waals surface area contributed by atoms with Crippen molar-refractivity contribution in [1.29, 1.82) is 0 Å². The molecule has 0 aliphatic carbocycles. The summed E-state index contributed by atoms with van der Waals surface area (Å²) in [7, 11) is 0. The summed E-state index contributed by atoms with van der Waals surface area (Å²) in [6.45, 7) is 1.64. The number of aliphatic hydroxyl groups excluding tert-OH is 1. The molecule has 0 saturated heterocycles. The Morgan fingerprint density at radius 3 is 2.89 bits per heavy atom. The van der Waals surface area contributed by atoms with Crippen LogP contribution in [0.15, 0.2) is 30.7 Å². The molecular formula is C12H14N4O3. The van der Waals surface area contributed by atoms with Gasteiger partial charge in [0.05, 0.1) is 18.5 Å². The van der Waals surface area contributed by atoms with Gasteiger partial charge >= 0.3 is 6.09 Å². The van der Waals surface area contributed by atoms with Crippen LogP contribution in [-0.2, 0) is 4.74 Å². The van der Waals surface area contributed by atoms with Gasteiger partial charge in [0.25, 0.3) is 0 Å². The molecule has 2 heterocycles. The fourth-order valence-electron chi connectivity index (χ4n) is 1.51. The molecule has 0 fully saturated rings. The van der Waals surface area contributed by atoms with Crippen LogP contribution in [0.1, 0.15) is 5.82 Å². The molecule has 0 saturated carbocycles. The lowest BCUT2D eigenvalue weighted by atomic mass is 10.4. The van der Waals surface area contributed by atoms with Gasteiger partial charge in [-0.3, -0.25) is 9.88 Å². The summed E-state index contributed by atoms with van der Waals surface area (Å²) >= 11 is 0. The molecule has 0 aliphatic rings. The van der Waals surface area contributed by atoms with Crippen LogP contribution >= 0.6 is 0 Å². The highest BCUT2D eigenvalue weighted by molar-refractivity contribution is 5.84. The Hall–Kier alpha value is -2.41. The Balaban J connectivity index is 2.03. The van der Waals surface area contributed by atoms with E-state index in [1.165, 1.54) is 6.20 Å². The zero-order chi connectivity index (χ0) is 13.7. The second kappa shape index (κ2) is 5.96. The van der Waals surface area contributed by atoms with Gasteiger partial charge in [0, 0.05) is 12.4 Å². The van der Waals surface area contributed by atoms with Crippen LogP contribution < -0.4 is 5.32 Å². The van der Waals surface area contributed by atoms with Gasteiger partial charge in [-0.05, 0) is 19.1 Å². The van der Waals surface area contributed by atoms with E-state index < -0.39 is 6.09 Å². The molecule has 2 rings (SSSR count). The minimum atomic E-state index is -0.623. The standard InChI is InChI=1S/C12H14N4O3/c1-9-13-4-5-16(9)11-3-2-10(8-14-11)15-12(18)19-7-6-17/h2-5,8,17H,6-7H2,1H3,(H,15,18). The molecule has 0 spiro atoms. The number of aryl methyl sites for hydroxylation is 1. The highest BCUT2D eigenvalue weighted by Gasteiger charge is 2.05. The third kappa shape index (κ3) is 3.29. The number of hydrogen-bond acceptors (Lipinski definition) is 5. The third-order valence-corrected chi connectivity index (χ3v) is 2.39. The van der Waals surface area contributed by atoms with Gasteiger partial charge in [-0.15, -0.1) is 0 Å². The molecule has 0 aliphatic heterocycles. The number of aromatic nitrogens is 3. The van der Waals surface area contributed by atoms with Gasteiger partial charge in [0.1, 0.15) is 18.2 Å². The van der Waals surface area contributed by atoms with E-state index in [1.54, 1.807) is 24.5 Å². The third-order valence-electron chi connectivity index (χ3n) is 2.39. The van der Waals surface area contributed by atoms with Crippen LogP contribution in [0, 0.1) is 6.92 Å². The van der Waals surface area contributed by atoms with E-state index in [0.717, 1.165) is 5.82 Å². The average Bonchev–Trinajstić information content (AvgIpc) is 2.83. The van der Waals surface area contributed by atoms with Crippen molar-refractivity contribution < 1.29 is 14.6 Å². The first-order chi connectivity index (χ1) is 9.20. The number of carbonyl (C=O) groups is 1. The number of nitrogens with zero attached hydrogens (tertiary/aromatic N) is 3. The molecule has 1 amide bonds. The first-order valence-corrected chi connectivity index (χ1v) is 5.71. The normalized spacial score (nSPS) is 10.2. The van der Waals surface area contributed by atoms with E-state index in [0.29, 0.717) is 11.5 Å². The first kappa shape index (κ1) is 13.0. The fraction of sp³-hybridized carbons (Fsp3) is 0.250. The average molecular weight is 262 g/mol. The molecule has 0 bridgehead atoms. The zero-order valence-corrected chi connectivity index (χ0v) is 10.4. The highest BCUT2D eigenvalue weighted by Crippen LogP contribution is 2.11. The first-order valence-electron chi connectivity index (χ1n) is 5.71. The van der Waals surface area contributed by atoms with Crippen LogP contribution in [0.4, 0.5) is 10.5 Å². The number of pyridine rings is 1. The molecular weight excluding hydrogens is 248 g/mol. The minimum Gasteiger partial charge on any atom is -0.447 e. The molecule has 0 aromatic carbocycles. The van der Waals surface area contributed by atoms with Crippen molar-refractivity contribution in [2.24, 2.45) is 0 Å². The molecule has 19 heavy (non-hydrogen) atoms. The largest absolute Gasteiger partial charge is 0.447 e. The number of carbonyl (C=O) groups excluding carboxylic acids is 1. The summed E-state index contributed by atoms with van der Waals surface area (Å²) in [5, 5.41) is 11.0. The number of nitrogens with one attached hydrogen (secondary N) is 1. The number of anilines is 1. The van der Waals surface area contributed by atoms with Crippen molar-refractivity contribution in [2.45, 2.75) is 6.92 Å².